The number of piperazine rings is 1. The predicted molar refractivity (Wildman–Crippen MR) is 104 cm³/mol. The maximum Gasteiger partial charge on any atom is 0.265 e. The van der Waals surface area contributed by atoms with Crippen molar-refractivity contribution in [2.24, 2.45) is 0 Å². The molecular weight excluding hydrogens is 369 g/mol. The molecule has 3 rings (SSSR count). The lowest BCUT2D eigenvalue weighted by molar-refractivity contribution is -0.128. The van der Waals surface area contributed by atoms with E-state index in [-0.39, 0.29) is 16.7 Å². The second-order valence-corrected chi connectivity index (χ2v) is 6.77. The van der Waals surface area contributed by atoms with Crippen LogP contribution in [0, 0.1) is 5.82 Å². The molecule has 0 saturated carbocycles. The number of nitrogens with zero attached hydrogens (tertiary/aromatic N) is 1. The molecule has 1 heterocycles. The Labute approximate surface area is 163 Å². The first-order valence-corrected chi connectivity index (χ1v) is 9.39. The molecule has 5 nitrogen and oxygen atoms in total. The number of hydrogen-bond donors (Lipinski definition) is 2. The van der Waals surface area contributed by atoms with Gasteiger partial charge in [0, 0.05) is 44.8 Å². The minimum absolute atomic E-state index is 0.129. The molecule has 1 fully saturated rings. The molecule has 1 unspecified atom stereocenters. The highest BCUT2D eigenvalue weighted by Gasteiger charge is 2.23. The van der Waals surface area contributed by atoms with E-state index in [1.807, 2.05) is 30.3 Å². The lowest BCUT2D eigenvalue weighted by Crippen LogP contribution is -2.46. The molecule has 2 N–H and O–H groups in total. The molecule has 7 heteroatoms. The van der Waals surface area contributed by atoms with Gasteiger partial charge in [-0.05, 0) is 18.2 Å². The minimum atomic E-state index is -0.864. The van der Waals surface area contributed by atoms with Crippen LogP contribution in [-0.2, 0) is 4.79 Å². The van der Waals surface area contributed by atoms with Crippen LogP contribution in [0.1, 0.15) is 11.7 Å². The Bertz CT molecular complexity index is 754. The second kappa shape index (κ2) is 9.69. The van der Waals surface area contributed by atoms with Crippen LogP contribution in [0.25, 0.3) is 0 Å². The average Bonchev–Trinajstić information content (AvgIpc) is 2.69. The predicted octanol–water partition coefficient (Wildman–Crippen LogP) is 2.62. The summed E-state index contributed by atoms with van der Waals surface area (Å²) in [6, 6.07) is 13.0. The van der Waals surface area contributed by atoms with E-state index in [1.54, 1.807) is 0 Å². The quantitative estimate of drug-likeness (QED) is 0.761. The largest absolute Gasteiger partial charge is 0.474 e. The fourth-order valence-electron chi connectivity index (χ4n) is 2.96. The normalized spacial score (nSPS) is 15.9. The summed E-state index contributed by atoms with van der Waals surface area (Å²) >= 11 is 6.06. The van der Waals surface area contributed by atoms with Gasteiger partial charge in [0.05, 0.1) is 5.02 Å². The second-order valence-electron chi connectivity index (χ2n) is 6.37. The van der Waals surface area contributed by atoms with E-state index in [0.29, 0.717) is 12.1 Å². The molecule has 27 heavy (non-hydrogen) atoms. The van der Waals surface area contributed by atoms with Crippen molar-refractivity contribution < 1.29 is 13.9 Å². The standard InChI is InChI=1S/C20H23ClFN3O2/c21-17-14-16(22)6-7-18(17)27-19(15-4-2-1-3-5-15)20(26)24-10-13-25-11-8-23-9-12-25/h1-7,14,19,23H,8-13H2,(H,24,26). The van der Waals surface area contributed by atoms with E-state index in [9.17, 15) is 9.18 Å². The van der Waals surface area contributed by atoms with E-state index in [0.717, 1.165) is 32.7 Å². The van der Waals surface area contributed by atoms with E-state index in [2.05, 4.69) is 15.5 Å². The highest BCUT2D eigenvalue weighted by molar-refractivity contribution is 6.32. The molecular formula is C20H23ClFN3O2. The first-order chi connectivity index (χ1) is 13.1. The number of amides is 1. The minimum Gasteiger partial charge on any atom is -0.474 e. The van der Waals surface area contributed by atoms with Crippen LogP contribution >= 0.6 is 11.6 Å². The lowest BCUT2D eigenvalue weighted by atomic mass is 10.1. The van der Waals surface area contributed by atoms with Crippen molar-refractivity contribution in [1.29, 1.82) is 0 Å². The summed E-state index contributed by atoms with van der Waals surface area (Å²) in [6.45, 7) is 5.19. The van der Waals surface area contributed by atoms with Crippen molar-refractivity contribution in [1.82, 2.24) is 15.5 Å². The summed E-state index contributed by atoms with van der Waals surface area (Å²) in [5.74, 6) is -0.440. The maximum absolute atomic E-state index is 13.3. The van der Waals surface area contributed by atoms with Crippen LogP contribution < -0.4 is 15.4 Å². The molecule has 1 amide bonds. The van der Waals surface area contributed by atoms with Crippen molar-refractivity contribution in [3.8, 4) is 5.75 Å². The third-order valence-electron chi connectivity index (χ3n) is 4.42. The number of carbonyl (C=O) groups excluding carboxylic acids is 1. The molecule has 1 saturated heterocycles. The van der Waals surface area contributed by atoms with Crippen molar-refractivity contribution in [3.63, 3.8) is 0 Å². The smallest absolute Gasteiger partial charge is 0.265 e. The summed E-state index contributed by atoms with van der Waals surface area (Å²) < 4.78 is 19.1. The van der Waals surface area contributed by atoms with E-state index < -0.39 is 11.9 Å². The Hall–Kier alpha value is -2.15. The molecule has 0 spiro atoms. The third-order valence-corrected chi connectivity index (χ3v) is 4.71. The van der Waals surface area contributed by atoms with Gasteiger partial charge in [-0.2, -0.15) is 0 Å². The van der Waals surface area contributed by atoms with Gasteiger partial charge in [-0.1, -0.05) is 41.9 Å². The number of ether oxygens (including phenoxy) is 1. The highest BCUT2D eigenvalue weighted by atomic mass is 35.5. The van der Waals surface area contributed by atoms with Gasteiger partial charge >= 0.3 is 0 Å². The molecule has 1 aliphatic heterocycles. The van der Waals surface area contributed by atoms with Crippen molar-refractivity contribution in [3.05, 3.63) is 64.9 Å². The van der Waals surface area contributed by atoms with Gasteiger partial charge in [0.2, 0.25) is 6.10 Å². The van der Waals surface area contributed by atoms with Crippen molar-refractivity contribution in [2.75, 3.05) is 39.3 Å². The Morgan fingerprint density at radius 3 is 2.67 bits per heavy atom. The molecule has 2 aromatic rings. The number of nitrogens with one attached hydrogen (secondary N) is 2. The van der Waals surface area contributed by atoms with Gasteiger partial charge < -0.3 is 15.4 Å². The van der Waals surface area contributed by atoms with E-state index in [1.165, 1.54) is 18.2 Å². The summed E-state index contributed by atoms with van der Waals surface area (Å²) in [5.41, 5.74) is 0.706. The number of benzene rings is 2. The fourth-order valence-corrected chi connectivity index (χ4v) is 3.17. The van der Waals surface area contributed by atoms with Gasteiger partial charge in [0.1, 0.15) is 11.6 Å². The summed E-state index contributed by atoms with van der Waals surface area (Å²) in [6.07, 6.45) is -0.864. The molecule has 0 aromatic heterocycles. The van der Waals surface area contributed by atoms with Gasteiger partial charge in [-0.3, -0.25) is 9.69 Å². The van der Waals surface area contributed by atoms with E-state index >= 15 is 0 Å². The summed E-state index contributed by atoms with van der Waals surface area (Å²) in [7, 11) is 0. The Morgan fingerprint density at radius 1 is 1.22 bits per heavy atom. The highest BCUT2D eigenvalue weighted by Crippen LogP contribution is 2.30. The zero-order valence-corrected chi connectivity index (χ0v) is 15.7. The summed E-state index contributed by atoms with van der Waals surface area (Å²) in [5, 5.41) is 6.37. The summed E-state index contributed by atoms with van der Waals surface area (Å²) in [4.78, 5) is 15.1. The van der Waals surface area contributed by atoms with Crippen LogP contribution in [0.15, 0.2) is 48.5 Å². The van der Waals surface area contributed by atoms with Crippen molar-refractivity contribution in [2.45, 2.75) is 6.10 Å². The maximum atomic E-state index is 13.3. The molecule has 2 aromatic carbocycles. The van der Waals surface area contributed by atoms with Gasteiger partial charge in [-0.15, -0.1) is 0 Å². The Balaban J connectivity index is 1.66. The molecule has 0 radical (unpaired) electrons. The molecule has 144 valence electrons. The lowest BCUT2D eigenvalue weighted by Gasteiger charge is -2.27. The Kier molecular flexibility index (Phi) is 7.04. The number of rotatable bonds is 7. The first kappa shape index (κ1) is 19.6. The van der Waals surface area contributed by atoms with Crippen molar-refractivity contribution >= 4 is 17.5 Å². The fraction of sp³-hybridized carbons (Fsp3) is 0.350. The van der Waals surface area contributed by atoms with Crippen LogP contribution in [0.2, 0.25) is 5.02 Å². The topological polar surface area (TPSA) is 53.6 Å². The van der Waals surface area contributed by atoms with Crippen LogP contribution in [0.5, 0.6) is 5.75 Å². The van der Waals surface area contributed by atoms with Crippen LogP contribution in [0.3, 0.4) is 0 Å². The molecule has 1 aliphatic rings. The molecule has 0 aliphatic carbocycles. The van der Waals surface area contributed by atoms with E-state index in [4.69, 9.17) is 16.3 Å². The zero-order valence-electron chi connectivity index (χ0n) is 15.0. The molecule has 0 bridgehead atoms. The number of hydrogen-bond acceptors (Lipinski definition) is 4. The van der Waals surface area contributed by atoms with Crippen LogP contribution in [0.4, 0.5) is 4.39 Å². The monoisotopic (exact) mass is 391 g/mol. The molecule has 1 atom stereocenters. The van der Waals surface area contributed by atoms with Crippen LogP contribution in [-0.4, -0.2) is 50.1 Å². The van der Waals surface area contributed by atoms with Gasteiger partial charge in [0.25, 0.3) is 5.91 Å². The SMILES string of the molecule is O=C(NCCN1CCNCC1)C(Oc1ccc(F)cc1Cl)c1ccccc1. The zero-order chi connectivity index (χ0) is 19.1. The third kappa shape index (κ3) is 5.66. The Morgan fingerprint density at radius 2 is 1.96 bits per heavy atom. The number of carbonyl (C=O) groups is 1. The van der Waals surface area contributed by atoms with Gasteiger partial charge in [0.15, 0.2) is 0 Å². The van der Waals surface area contributed by atoms with Gasteiger partial charge in [-0.25, -0.2) is 4.39 Å². The average molecular weight is 392 g/mol. The first-order valence-electron chi connectivity index (χ1n) is 9.01. The number of halogens is 2.